The Bertz CT molecular complexity index is 582. The van der Waals surface area contributed by atoms with Gasteiger partial charge in [-0.1, -0.05) is 23.7 Å². The van der Waals surface area contributed by atoms with Crippen molar-refractivity contribution >= 4 is 28.4 Å². The van der Waals surface area contributed by atoms with Gasteiger partial charge in [-0.15, -0.1) is 0 Å². The van der Waals surface area contributed by atoms with E-state index >= 15 is 0 Å². The Kier molecular flexibility index (Phi) is 3.10. The van der Waals surface area contributed by atoms with Gasteiger partial charge in [0.05, 0.1) is 5.02 Å². The van der Waals surface area contributed by atoms with E-state index in [1.807, 2.05) is 12.1 Å². The minimum atomic E-state index is 0.0121. The molecule has 94 valence electrons. The lowest BCUT2D eigenvalue weighted by molar-refractivity contribution is 0.0529. The summed E-state index contributed by atoms with van der Waals surface area (Å²) in [6.45, 7) is 1.30. The lowest BCUT2D eigenvalue weighted by Gasteiger charge is -2.19. The SMILES string of the molecule is O=C(c1cc2cccc(Cl)c2o1)C1CCOCC1. The fourth-order valence-electron chi connectivity index (χ4n) is 2.31. The van der Waals surface area contributed by atoms with E-state index < -0.39 is 0 Å². The molecule has 0 aliphatic carbocycles. The quantitative estimate of drug-likeness (QED) is 0.777. The van der Waals surface area contributed by atoms with Crippen LogP contribution in [0.3, 0.4) is 0 Å². The number of ketones is 1. The van der Waals surface area contributed by atoms with Crippen LogP contribution < -0.4 is 0 Å². The average Bonchev–Trinajstić information content (AvgIpc) is 2.84. The topological polar surface area (TPSA) is 39.4 Å². The summed E-state index contributed by atoms with van der Waals surface area (Å²) >= 11 is 6.04. The predicted molar refractivity (Wildman–Crippen MR) is 69.1 cm³/mol. The molecule has 1 fully saturated rings. The van der Waals surface area contributed by atoms with Crippen molar-refractivity contribution in [2.24, 2.45) is 5.92 Å². The van der Waals surface area contributed by atoms with Crippen molar-refractivity contribution in [3.8, 4) is 0 Å². The molecule has 0 saturated carbocycles. The third-order valence-electron chi connectivity index (χ3n) is 3.33. The Morgan fingerprint density at radius 3 is 2.78 bits per heavy atom. The number of carbonyl (C=O) groups excluding carboxylic acids is 1. The number of hydrogen-bond donors (Lipinski definition) is 0. The van der Waals surface area contributed by atoms with Crippen LogP contribution in [-0.2, 0) is 4.74 Å². The molecule has 1 aromatic heterocycles. The summed E-state index contributed by atoms with van der Waals surface area (Å²) < 4.78 is 10.9. The fraction of sp³-hybridized carbons (Fsp3) is 0.357. The van der Waals surface area contributed by atoms with Gasteiger partial charge in [-0.3, -0.25) is 4.79 Å². The Balaban J connectivity index is 1.94. The Hall–Kier alpha value is -1.32. The highest BCUT2D eigenvalue weighted by molar-refractivity contribution is 6.34. The summed E-state index contributed by atoms with van der Waals surface area (Å²) in [5, 5.41) is 1.41. The monoisotopic (exact) mass is 264 g/mol. The summed E-state index contributed by atoms with van der Waals surface area (Å²) in [6.07, 6.45) is 1.53. The van der Waals surface area contributed by atoms with Crippen LogP contribution in [0.2, 0.25) is 5.02 Å². The van der Waals surface area contributed by atoms with Gasteiger partial charge in [-0.05, 0) is 25.0 Å². The summed E-state index contributed by atoms with van der Waals surface area (Å²) in [6, 6.07) is 7.28. The minimum Gasteiger partial charge on any atom is -0.451 e. The molecule has 0 amide bonds. The highest BCUT2D eigenvalue weighted by atomic mass is 35.5. The predicted octanol–water partition coefficient (Wildman–Crippen LogP) is 3.70. The molecular weight excluding hydrogens is 252 g/mol. The molecule has 0 radical (unpaired) electrons. The standard InChI is InChI=1S/C14H13ClO3/c15-11-3-1-2-10-8-12(18-14(10)11)13(16)9-4-6-17-7-5-9/h1-3,8-9H,4-7H2. The number of rotatable bonds is 2. The van der Waals surface area contributed by atoms with Crippen molar-refractivity contribution in [2.75, 3.05) is 13.2 Å². The van der Waals surface area contributed by atoms with E-state index in [1.165, 1.54) is 0 Å². The Morgan fingerprint density at radius 2 is 2.06 bits per heavy atom. The normalized spacial score (nSPS) is 17.2. The van der Waals surface area contributed by atoms with Crippen LogP contribution >= 0.6 is 11.6 Å². The zero-order valence-corrected chi connectivity index (χ0v) is 10.6. The number of furan rings is 1. The first-order valence-corrected chi connectivity index (χ1v) is 6.43. The highest BCUT2D eigenvalue weighted by Crippen LogP contribution is 2.29. The molecule has 3 rings (SSSR count). The third-order valence-corrected chi connectivity index (χ3v) is 3.63. The number of halogens is 1. The van der Waals surface area contributed by atoms with Crippen LogP contribution in [0.1, 0.15) is 23.4 Å². The van der Waals surface area contributed by atoms with E-state index in [-0.39, 0.29) is 11.7 Å². The molecule has 0 bridgehead atoms. The fourth-order valence-corrected chi connectivity index (χ4v) is 2.53. The molecule has 1 aromatic carbocycles. The van der Waals surface area contributed by atoms with Crippen LogP contribution in [0.25, 0.3) is 11.0 Å². The van der Waals surface area contributed by atoms with E-state index in [1.54, 1.807) is 12.1 Å². The maximum atomic E-state index is 12.3. The molecule has 2 aromatic rings. The van der Waals surface area contributed by atoms with Crippen LogP contribution in [0.5, 0.6) is 0 Å². The van der Waals surface area contributed by atoms with Crippen molar-refractivity contribution < 1.29 is 13.9 Å². The van der Waals surface area contributed by atoms with Crippen molar-refractivity contribution in [3.05, 3.63) is 35.0 Å². The molecule has 3 nitrogen and oxygen atoms in total. The first-order chi connectivity index (χ1) is 8.75. The number of carbonyl (C=O) groups is 1. The van der Waals surface area contributed by atoms with Crippen LogP contribution in [-0.4, -0.2) is 19.0 Å². The van der Waals surface area contributed by atoms with Crippen LogP contribution in [0.4, 0.5) is 0 Å². The van der Waals surface area contributed by atoms with Crippen molar-refractivity contribution in [2.45, 2.75) is 12.8 Å². The third kappa shape index (κ3) is 2.04. The second-order valence-corrected chi connectivity index (χ2v) is 4.93. The molecule has 0 spiro atoms. The second-order valence-electron chi connectivity index (χ2n) is 4.52. The first-order valence-electron chi connectivity index (χ1n) is 6.06. The zero-order valence-electron chi connectivity index (χ0n) is 9.82. The van der Waals surface area contributed by atoms with Gasteiger partial charge >= 0.3 is 0 Å². The number of fused-ring (bicyclic) bond motifs is 1. The maximum absolute atomic E-state index is 12.3. The van der Waals surface area contributed by atoms with Gasteiger partial charge in [-0.25, -0.2) is 0 Å². The summed E-state index contributed by atoms with van der Waals surface area (Å²) in [5.41, 5.74) is 0.592. The maximum Gasteiger partial charge on any atom is 0.201 e. The second kappa shape index (κ2) is 4.75. The number of para-hydroxylation sites is 1. The summed E-state index contributed by atoms with van der Waals surface area (Å²) in [4.78, 5) is 12.3. The van der Waals surface area contributed by atoms with Crippen molar-refractivity contribution in [3.63, 3.8) is 0 Å². The Labute approximate surface area is 110 Å². The van der Waals surface area contributed by atoms with Gasteiger partial charge in [0.2, 0.25) is 5.78 Å². The van der Waals surface area contributed by atoms with Gasteiger partial charge < -0.3 is 9.15 Å². The van der Waals surface area contributed by atoms with Gasteiger partial charge in [-0.2, -0.15) is 0 Å². The van der Waals surface area contributed by atoms with Gasteiger partial charge in [0, 0.05) is 24.5 Å². The highest BCUT2D eigenvalue weighted by Gasteiger charge is 2.25. The lowest BCUT2D eigenvalue weighted by Crippen LogP contribution is -2.23. The molecule has 18 heavy (non-hydrogen) atoms. The number of hydrogen-bond acceptors (Lipinski definition) is 3. The number of Topliss-reactive ketones (excluding diaryl/α,β-unsaturated/α-hetero) is 1. The van der Waals surface area contributed by atoms with Crippen molar-refractivity contribution in [1.82, 2.24) is 0 Å². The summed E-state index contributed by atoms with van der Waals surface area (Å²) in [7, 11) is 0. The van der Waals surface area contributed by atoms with Gasteiger partial charge in [0.25, 0.3) is 0 Å². The first kappa shape index (κ1) is 11.8. The van der Waals surface area contributed by atoms with E-state index in [2.05, 4.69) is 0 Å². The van der Waals surface area contributed by atoms with E-state index in [4.69, 9.17) is 20.8 Å². The molecule has 1 saturated heterocycles. The van der Waals surface area contributed by atoms with Crippen LogP contribution in [0.15, 0.2) is 28.7 Å². The van der Waals surface area contributed by atoms with Crippen LogP contribution in [0, 0.1) is 5.92 Å². The average molecular weight is 265 g/mol. The largest absolute Gasteiger partial charge is 0.451 e. The van der Waals surface area contributed by atoms with E-state index in [0.29, 0.717) is 29.6 Å². The number of benzene rings is 1. The molecule has 4 heteroatoms. The summed E-state index contributed by atoms with van der Waals surface area (Å²) in [5.74, 6) is 0.480. The van der Waals surface area contributed by atoms with E-state index in [9.17, 15) is 4.79 Å². The molecule has 1 aliphatic rings. The molecule has 2 heterocycles. The van der Waals surface area contributed by atoms with Crippen molar-refractivity contribution in [1.29, 1.82) is 0 Å². The molecule has 0 unspecified atom stereocenters. The number of ether oxygens (including phenoxy) is 1. The smallest absolute Gasteiger partial charge is 0.201 e. The van der Waals surface area contributed by atoms with E-state index in [0.717, 1.165) is 18.2 Å². The van der Waals surface area contributed by atoms with Gasteiger partial charge in [0.15, 0.2) is 11.3 Å². The molecule has 1 aliphatic heterocycles. The molecular formula is C14H13ClO3. The Morgan fingerprint density at radius 1 is 1.28 bits per heavy atom. The zero-order chi connectivity index (χ0) is 12.5. The molecule has 0 N–H and O–H groups in total. The lowest BCUT2D eigenvalue weighted by atomic mass is 9.94. The molecule has 0 atom stereocenters. The minimum absolute atomic E-state index is 0.0121. The van der Waals surface area contributed by atoms with Gasteiger partial charge in [0.1, 0.15) is 0 Å².